The maximum Gasteiger partial charge on any atom is 0.231 e. The summed E-state index contributed by atoms with van der Waals surface area (Å²) in [7, 11) is -3.31. The molecule has 9 nitrogen and oxygen atoms in total. The highest BCUT2D eigenvalue weighted by Gasteiger charge is 2.55. The Morgan fingerprint density at radius 1 is 1.18 bits per heavy atom. The van der Waals surface area contributed by atoms with Crippen molar-refractivity contribution in [1.29, 1.82) is 0 Å². The van der Waals surface area contributed by atoms with Crippen LogP contribution in [0.5, 0.6) is 0 Å². The van der Waals surface area contributed by atoms with Crippen LogP contribution in [0, 0.1) is 11.3 Å². The first-order valence-corrected chi connectivity index (χ1v) is 11.6. The maximum atomic E-state index is 13.7. The lowest BCUT2D eigenvalue weighted by atomic mass is 9.73. The Hall–Kier alpha value is -1.78. The van der Waals surface area contributed by atoms with Crippen molar-refractivity contribution in [3.05, 3.63) is 18.5 Å². The van der Waals surface area contributed by atoms with Gasteiger partial charge in [-0.1, -0.05) is 0 Å². The van der Waals surface area contributed by atoms with E-state index in [2.05, 4.69) is 9.97 Å². The van der Waals surface area contributed by atoms with E-state index >= 15 is 0 Å². The topological polar surface area (TPSA) is 95.9 Å². The Morgan fingerprint density at radius 2 is 1.89 bits per heavy atom. The third kappa shape index (κ3) is 3.60. The molecule has 10 heteroatoms. The molecule has 3 fully saturated rings. The SMILES string of the molecule is CS(=O)(=O)N1CCC[C@]2(C(=O)N3CCOCC3)CN(c3ncccn3)C[C@@H]2C1. The first kappa shape index (κ1) is 19.5. The van der Waals surface area contributed by atoms with E-state index in [4.69, 9.17) is 4.74 Å². The van der Waals surface area contributed by atoms with E-state index in [0.29, 0.717) is 71.3 Å². The molecule has 1 aromatic rings. The van der Waals surface area contributed by atoms with Gasteiger partial charge in [0.15, 0.2) is 0 Å². The first-order chi connectivity index (χ1) is 13.4. The molecule has 0 saturated carbocycles. The fourth-order valence-corrected chi connectivity index (χ4v) is 5.65. The average Bonchev–Trinajstić information content (AvgIpc) is 2.96. The Labute approximate surface area is 165 Å². The number of sulfonamides is 1. The Morgan fingerprint density at radius 3 is 2.57 bits per heavy atom. The molecule has 4 heterocycles. The standard InChI is InChI=1S/C18H27N5O4S/c1-28(25,26)23-7-2-4-18(16(24)21-8-10-27-11-9-21)14-22(12-15(18)13-23)17-19-5-3-6-20-17/h3,5-6,15H,2,4,7-14H2,1H3/t15-,18+/m1/s1. The predicted octanol–water partition coefficient (Wildman–Crippen LogP) is -0.187. The summed E-state index contributed by atoms with van der Waals surface area (Å²) in [5, 5.41) is 0. The van der Waals surface area contributed by atoms with Crippen molar-refractivity contribution in [3.8, 4) is 0 Å². The molecule has 0 radical (unpaired) electrons. The molecule has 4 rings (SSSR count). The van der Waals surface area contributed by atoms with Crippen LogP contribution in [0.4, 0.5) is 5.95 Å². The van der Waals surface area contributed by atoms with Gasteiger partial charge in [-0.05, 0) is 18.9 Å². The summed E-state index contributed by atoms with van der Waals surface area (Å²) in [5.41, 5.74) is -0.615. The number of rotatable bonds is 3. The molecule has 2 atom stereocenters. The molecule has 0 aliphatic carbocycles. The Bertz CT molecular complexity index is 815. The summed E-state index contributed by atoms with van der Waals surface area (Å²) in [6.07, 6.45) is 5.97. The van der Waals surface area contributed by atoms with Crippen LogP contribution < -0.4 is 4.90 Å². The van der Waals surface area contributed by atoms with Gasteiger partial charge >= 0.3 is 0 Å². The van der Waals surface area contributed by atoms with E-state index in [1.807, 2.05) is 9.80 Å². The highest BCUT2D eigenvalue weighted by atomic mass is 32.2. The number of carbonyl (C=O) groups is 1. The number of hydrogen-bond donors (Lipinski definition) is 0. The molecule has 154 valence electrons. The monoisotopic (exact) mass is 409 g/mol. The fourth-order valence-electron chi connectivity index (χ4n) is 4.74. The minimum absolute atomic E-state index is 0.0936. The molecule has 0 bridgehead atoms. The molecule has 3 aliphatic heterocycles. The maximum absolute atomic E-state index is 13.7. The van der Waals surface area contributed by atoms with Crippen molar-refractivity contribution in [2.24, 2.45) is 11.3 Å². The van der Waals surface area contributed by atoms with Crippen molar-refractivity contribution in [3.63, 3.8) is 0 Å². The highest BCUT2D eigenvalue weighted by Crippen LogP contribution is 2.45. The molecule has 0 spiro atoms. The number of ether oxygens (including phenoxy) is 1. The van der Waals surface area contributed by atoms with Crippen LogP contribution in [0.25, 0.3) is 0 Å². The van der Waals surface area contributed by atoms with Crippen molar-refractivity contribution < 1.29 is 17.9 Å². The normalized spacial score (nSPS) is 29.4. The average molecular weight is 410 g/mol. The van der Waals surface area contributed by atoms with Gasteiger partial charge in [-0.15, -0.1) is 0 Å². The number of hydrogen-bond acceptors (Lipinski definition) is 7. The lowest BCUT2D eigenvalue weighted by molar-refractivity contribution is -0.147. The molecule has 0 N–H and O–H groups in total. The molecular formula is C18H27N5O4S. The summed E-state index contributed by atoms with van der Waals surface area (Å²) in [6.45, 7) is 4.20. The van der Waals surface area contributed by atoms with Crippen molar-refractivity contribution in [2.75, 3.05) is 63.6 Å². The zero-order valence-electron chi connectivity index (χ0n) is 16.2. The van der Waals surface area contributed by atoms with Gasteiger partial charge in [-0.25, -0.2) is 22.7 Å². The third-order valence-corrected chi connectivity index (χ3v) is 7.45. The molecule has 1 amide bonds. The van der Waals surface area contributed by atoms with Crippen LogP contribution in [-0.4, -0.2) is 92.2 Å². The quantitative estimate of drug-likeness (QED) is 0.683. The summed E-state index contributed by atoms with van der Waals surface area (Å²) >= 11 is 0. The minimum Gasteiger partial charge on any atom is -0.378 e. The van der Waals surface area contributed by atoms with E-state index in [0.717, 1.165) is 0 Å². The van der Waals surface area contributed by atoms with Gasteiger partial charge in [0, 0.05) is 57.6 Å². The summed E-state index contributed by atoms with van der Waals surface area (Å²) in [6, 6.07) is 1.76. The number of anilines is 1. The van der Waals surface area contributed by atoms with E-state index in [1.165, 1.54) is 10.6 Å². The molecule has 1 aromatic heterocycles. The van der Waals surface area contributed by atoms with Gasteiger partial charge in [-0.3, -0.25) is 4.79 Å². The van der Waals surface area contributed by atoms with Gasteiger partial charge in [0.1, 0.15) is 0 Å². The van der Waals surface area contributed by atoms with E-state index in [-0.39, 0.29) is 11.8 Å². The second-order valence-electron chi connectivity index (χ2n) is 7.91. The number of aromatic nitrogens is 2. The summed E-state index contributed by atoms with van der Waals surface area (Å²) in [4.78, 5) is 26.3. The number of fused-ring (bicyclic) bond motifs is 1. The number of carbonyl (C=O) groups excluding carboxylic acids is 1. The second kappa shape index (κ2) is 7.57. The van der Waals surface area contributed by atoms with Gasteiger partial charge in [-0.2, -0.15) is 0 Å². The van der Waals surface area contributed by atoms with Crippen molar-refractivity contribution in [1.82, 2.24) is 19.2 Å². The predicted molar refractivity (Wildman–Crippen MR) is 103 cm³/mol. The third-order valence-electron chi connectivity index (χ3n) is 6.18. The Balaban J connectivity index is 1.67. The molecule has 0 unspecified atom stereocenters. The van der Waals surface area contributed by atoms with Crippen LogP contribution in [0.1, 0.15) is 12.8 Å². The number of morpholine rings is 1. The molecule has 0 aromatic carbocycles. The first-order valence-electron chi connectivity index (χ1n) is 9.74. The van der Waals surface area contributed by atoms with E-state index in [1.54, 1.807) is 18.5 Å². The van der Waals surface area contributed by atoms with Crippen molar-refractivity contribution >= 4 is 21.9 Å². The van der Waals surface area contributed by atoms with Crippen LogP contribution in [0.2, 0.25) is 0 Å². The zero-order chi connectivity index (χ0) is 19.8. The fraction of sp³-hybridized carbons (Fsp3) is 0.722. The second-order valence-corrected chi connectivity index (χ2v) is 9.89. The Kier molecular flexibility index (Phi) is 5.28. The molecular weight excluding hydrogens is 382 g/mol. The highest BCUT2D eigenvalue weighted by molar-refractivity contribution is 7.88. The lowest BCUT2D eigenvalue weighted by Gasteiger charge is -2.38. The van der Waals surface area contributed by atoms with Crippen LogP contribution in [0.15, 0.2) is 18.5 Å². The smallest absolute Gasteiger partial charge is 0.231 e. The van der Waals surface area contributed by atoms with Gasteiger partial charge in [0.05, 0.1) is 24.9 Å². The largest absolute Gasteiger partial charge is 0.378 e. The zero-order valence-corrected chi connectivity index (χ0v) is 17.0. The summed E-state index contributed by atoms with van der Waals surface area (Å²) in [5.74, 6) is 0.620. The minimum atomic E-state index is -3.31. The van der Waals surface area contributed by atoms with E-state index < -0.39 is 15.4 Å². The van der Waals surface area contributed by atoms with Gasteiger partial charge < -0.3 is 14.5 Å². The molecule has 28 heavy (non-hydrogen) atoms. The number of nitrogens with zero attached hydrogens (tertiary/aromatic N) is 5. The molecule has 3 aliphatic rings. The van der Waals surface area contributed by atoms with Gasteiger partial charge in [0.25, 0.3) is 0 Å². The summed E-state index contributed by atoms with van der Waals surface area (Å²) < 4.78 is 31.4. The van der Waals surface area contributed by atoms with Crippen molar-refractivity contribution in [2.45, 2.75) is 12.8 Å². The van der Waals surface area contributed by atoms with Crippen LogP contribution >= 0.6 is 0 Å². The molecule has 3 saturated heterocycles. The lowest BCUT2D eigenvalue weighted by Crippen LogP contribution is -2.52. The van der Waals surface area contributed by atoms with Crippen LogP contribution in [0.3, 0.4) is 0 Å². The van der Waals surface area contributed by atoms with Gasteiger partial charge in [0.2, 0.25) is 21.9 Å². The van der Waals surface area contributed by atoms with E-state index in [9.17, 15) is 13.2 Å². The van der Waals surface area contributed by atoms with Crippen LogP contribution in [-0.2, 0) is 19.6 Å². The number of amides is 1.